The molecule has 0 aliphatic heterocycles. The topological polar surface area (TPSA) is 81.8 Å². The van der Waals surface area contributed by atoms with E-state index in [2.05, 4.69) is 25.9 Å². The van der Waals surface area contributed by atoms with Crippen molar-refractivity contribution in [2.75, 3.05) is 13.2 Å². The van der Waals surface area contributed by atoms with Crippen LogP contribution in [0.2, 0.25) is 0 Å². The Morgan fingerprint density at radius 1 is 1.14 bits per heavy atom. The third-order valence-electron chi connectivity index (χ3n) is 8.82. The van der Waals surface area contributed by atoms with Crippen LogP contribution in [0.4, 0.5) is 0 Å². The van der Waals surface area contributed by atoms with E-state index in [1.54, 1.807) is 0 Å². The molecule has 0 spiro atoms. The van der Waals surface area contributed by atoms with Gasteiger partial charge in [-0.15, -0.1) is 12.4 Å². The number of hydrogen-bond acceptors (Lipinski definition) is 5. The molecule has 2 N–H and O–H groups in total. The third-order valence-corrected chi connectivity index (χ3v) is 8.82. The molecule has 7 atom stereocenters. The lowest BCUT2D eigenvalue weighted by Gasteiger charge is -2.59. The largest absolute Gasteiger partial charge is 0.394 e. The molecule has 0 heterocycles. The van der Waals surface area contributed by atoms with Gasteiger partial charge in [0.1, 0.15) is 18.2 Å². The molecule has 4 rings (SSSR count). The molecule has 4 fully saturated rings. The highest BCUT2D eigenvalue weighted by molar-refractivity contribution is 5.95. The highest BCUT2D eigenvalue weighted by atomic mass is 35.5. The summed E-state index contributed by atoms with van der Waals surface area (Å²) in [5, 5.41) is 4.33. The van der Waals surface area contributed by atoms with E-state index < -0.39 is 0 Å². The zero-order valence-electron chi connectivity index (χ0n) is 17.4. The summed E-state index contributed by atoms with van der Waals surface area (Å²) < 4.78 is 0. The number of rotatable bonds is 3. The summed E-state index contributed by atoms with van der Waals surface area (Å²) in [5.74, 6) is 2.35. The number of carbonyl (C=O) groups excluding carboxylic acids is 2. The number of hydrogen-bond donors (Lipinski definition) is 1. The normalized spacial score (nSPS) is 46.4. The number of Topliss-reactive ketones (excluding diaryl/α,β-unsaturated/α-hetero) is 2. The van der Waals surface area contributed by atoms with Crippen LogP contribution < -0.4 is 5.73 Å². The predicted octanol–water partition coefficient (Wildman–Crippen LogP) is 3.78. The zero-order valence-corrected chi connectivity index (χ0v) is 18.2. The van der Waals surface area contributed by atoms with Crippen molar-refractivity contribution < 1.29 is 14.4 Å². The van der Waals surface area contributed by atoms with Crippen LogP contribution in [0, 0.1) is 40.4 Å². The molecule has 0 aromatic heterocycles. The van der Waals surface area contributed by atoms with Crippen LogP contribution >= 0.6 is 12.4 Å². The summed E-state index contributed by atoms with van der Waals surface area (Å²) in [6.07, 6.45) is 6.34. The highest BCUT2D eigenvalue weighted by Crippen LogP contribution is 2.65. The summed E-state index contributed by atoms with van der Waals surface area (Å²) in [5.41, 5.74) is 6.37. The smallest absolute Gasteiger partial charge is 0.139 e. The van der Waals surface area contributed by atoms with Crippen molar-refractivity contribution >= 4 is 29.7 Å². The van der Waals surface area contributed by atoms with E-state index in [-0.39, 0.29) is 35.1 Å². The Labute approximate surface area is 174 Å². The minimum absolute atomic E-state index is 0. The Morgan fingerprint density at radius 2 is 1.89 bits per heavy atom. The van der Waals surface area contributed by atoms with Gasteiger partial charge in [0.05, 0.1) is 5.71 Å². The first kappa shape index (κ1) is 21.8. The number of fused-ring (bicyclic) bond motifs is 5. The first-order chi connectivity index (χ1) is 12.8. The van der Waals surface area contributed by atoms with E-state index in [1.807, 2.05) is 0 Å². The summed E-state index contributed by atoms with van der Waals surface area (Å²) in [4.78, 5) is 31.2. The van der Waals surface area contributed by atoms with Crippen LogP contribution in [-0.2, 0) is 14.4 Å². The van der Waals surface area contributed by atoms with E-state index in [0.29, 0.717) is 55.3 Å². The average molecular weight is 411 g/mol. The molecule has 6 heteroatoms. The van der Waals surface area contributed by atoms with Gasteiger partial charge < -0.3 is 10.6 Å². The molecule has 0 saturated heterocycles. The number of carbonyl (C=O) groups is 2. The van der Waals surface area contributed by atoms with Crippen LogP contribution in [0.25, 0.3) is 0 Å². The zero-order chi connectivity index (χ0) is 19.4. The molecule has 0 amide bonds. The number of nitrogens with two attached hydrogens (primary N) is 1. The summed E-state index contributed by atoms with van der Waals surface area (Å²) in [6, 6.07) is 0. The van der Waals surface area contributed by atoms with Gasteiger partial charge in [-0.2, -0.15) is 0 Å². The molecule has 158 valence electrons. The Hall–Kier alpha value is -0.940. The summed E-state index contributed by atoms with van der Waals surface area (Å²) >= 11 is 0. The van der Waals surface area contributed by atoms with Crippen LogP contribution in [0.1, 0.15) is 65.7 Å². The highest BCUT2D eigenvalue weighted by Gasteiger charge is 2.63. The van der Waals surface area contributed by atoms with Gasteiger partial charge in [0, 0.05) is 36.6 Å². The van der Waals surface area contributed by atoms with E-state index in [9.17, 15) is 9.59 Å². The Kier molecular flexibility index (Phi) is 6.00. The molecule has 0 bridgehead atoms. The third kappa shape index (κ3) is 3.04. The molecule has 0 aromatic carbocycles. The van der Waals surface area contributed by atoms with Crippen molar-refractivity contribution in [1.82, 2.24) is 0 Å². The monoisotopic (exact) mass is 410 g/mol. The van der Waals surface area contributed by atoms with Gasteiger partial charge >= 0.3 is 0 Å². The van der Waals surface area contributed by atoms with Crippen LogP contribution in [0.5, 0.6) is 0 Å². The van der Waals surface area contributed by atoms with Gasteiger partial charge in [0.15, 0.2) is 0 Å². The van der Waals surface area contributed by atoms with E-state index in [1.165, 1.54) is 0 Å². The second kappa shape index (κ2) is 7.71. The van der Waals surface area contributed by atoms with Crippen LogP contribution in [0.3, 0.4) is 0 Å². The first-order valence-corrected chi connectivity index (χ1v) is 10.8. The molecule has 5 nitrogen and oxygen atoms in total. The predicted molar refractivity (Wildman–Crippen MR) is 111 cm³/mol. The quantitative estimate of drug-likeness (QED) is 0.567. The standard InChI is InChI=1S/C22H34N2O3.ClH/c1-13-17(24-27-11-10-23)7-9-22(3)16-6-8-21(2)15(4-5-19(21)26)14(16)12-18(25)20(13)22;/h13-16,20H,4-12,23H2,1-3H3;1H/b24-17+;/t13-,14+,15+,16+,20?,21+,22-;/m1./s1. The molecule has 0 radical (unpaired) electrons. The lowest BCUT2D eigenvalue weighted by atomic mass is 9.43. The molecule has 4 aliphatic rings. The van der Waals surface area contributed by atoms with E-state index in [0.717, 1.165) is 37.8 Å². The number of oxime groups is 1. The maximum atomic E-state index is 13.3. The molecular formula is C22H35ClN2O3. The summed E-state index contributed by atoms with van der Waals surface area (Å²) in [6.45, 7) is 7.54. The molecule has 4 aliphatic carbocycles. The van der Waals surface area contributed by atoms with Gasteiger partial charge in [-0.25, -0.2) is 0 Å². The van der Waals surface area contributed by atoms with E-state index >= 15 is 0 Å². The Balaban J connectivity index is 0.00000225. The second-order valence-corrected chi connectivity index (χ2v) is 9.94. The fourth-order valence-corrected chi connectivity index (χ4v) is 7.44. The summed E-state index contributed by atoms with van der Waals surface area (Å²) in [7, 11) is 0. The maximum absolute atomic E-state index is 13.3. The second-order valence-electron chi connectivity index (χ2n) is 9.94. The maximum Gasteiger partial charge on any atom is 0.139 e. The fourth-order valence-electron chi connectivity index (χ4n) is 7.44. The average Bonchev–Trinajstić information content (AvgIpc) is 2.92. The van der Waals surface area contributed by atoms with Crippen LogP contribution in [0.15, 0.2) is 5.16 Å². The molecule has 0 aromatic rings. The van der Waals surface area contributed by atoms with Crippen molar-refractivity contribution in [3.63, 3.8) is 0 Å². The van der Waals surface area contributed by atoms with Gasteiger partial charge in [-0.05, 0) is 55.3 Å². The van der Waals surface area contributed by atoms with Crippen LogP contribution in [-0.4, -0.2) is 30.4 Å². The molecule has 4 saturated carbocycles. The minimum Gasteiger partial charge on any atom is -0.394 e. The van der Waals surface area contributed by atoms with Crippen molar-refractivity contribution in [2.24, 2.45) is 51.3 Å². The lowest BCUT2D eigenvalue weighted by molar-refractivity contribution is -0.155. The van der Waals surface area contributed by atoms with Crippen molar-refractivity contribution in [3.05, 3.63) is 0 Å². The number of ketones is 2. The van der Waals surface area contributed by atoms with Crippen molar-refractivity contribution in [3.8, 4) is 0 Å². The van der Waals surface area contributed by atoms with Gasteiger partial charge in [0.2, 0.25) is 0 Å². The SMILES string of the molecule is C[C@@H]1/C(=N/OCCN)CC[C@@]2(C)C1C(=O)C[C@@H]1[C@@H]2CC[C@]2(C)C(=O)CC[C@@H]12.Cl. The first-order valence-electron chi connectivity index (χ1n) is 10.8. The molecule has 1 unspecified atom stereocenters. The Bertz CT molecular complexity index is 681. The van der Waals surface area contributed by atoms with Crippen molar-refractivity contribution in [1.29, 1.82) is 0 Å². The van der Waals surface area contributed by atoms with Gasteiger partial charge in [-0.1, -0.05) is 25.9 Å². The van der Waals surface area contributed by atoms with Crippen molar-refractivity contribution in [2.45, 2.75) is 65.7 Å². The number of halogens is 1. The fraction of sp³-hybridized carbons (Fsp3) is 0.864. The van der Waals surface area contributed by atoms with Gasteiger partial charge in [-0.3, -0.25) is 9.59 Å². The number of nitrogens with zero attached hydrogens (tertiary/aromatic N) is 1. The lowest BCUT2D eigenvalue weighted by Crippen LogP contribution is -2.58. The van der Waals surface area contributed by atoms with E-state index in [4.69, 9.17) is 10.6 Å². The molecule has 28 heavy (non-hydrogen) atoms. The minimum atomic E-state index is -0.173. The molecular weight excluding hydrogens is 376 g/mol. The van der Waals surface area contributed by atoms with Gasteiger partial charge in [0.25, 0.3) is 0 Å². The Morgan fingerprint density at radius 3 is 2.61 bits per heavy atom.